The Morgan fingerprint density at radius 1 is 0.731 bits per heavy atom. The molecule has 8 nitrogen and oxygen atoms in total. The van der Waals surface area contributed by atoms with Gasteiger partial charge in [0.2, 0.25) is 0 Å². The third-order valence-electron chi connectivity index (χ3n) is 3.56. The minimum atomic E-state index is -1.42. The van der Waals surface area contributed by atoms with Crippen LogP contribution in [-0.4, -0.2) is 45.8 Å². The first-order valence-electron chi connectivity index (χ1n) is 7.41. The van der Waals surface area contributed by atoms with E-state index in [9.17, 15) is 29.4 Å². The number of carbonyl (C=O) groups is 4. The Balaban J connectivity index is 2.62. The molecule has 0 bridgehead atoms. The van der Waals surface area contributed by atoms with Crippen LogP contribution in [0.1, 0.15) is 48.4 Å². The summed E-state index contributed by atoms with van der Waals surface area (Å²) in [6, 6.07) is 7.53. The number of ether oxygens (including phenoxy) is 1. The van der Waals surface area contributed by atoms with E-state index in [2.05, 4.69) is 0 Å². The van der Waals surface area contributed by atoms with Crippen LogP contribution in [0.4, 0.5) is 0 Å². The van der Waals surface area contributed by atoms with E-state index < -0.39 is 29.4 Å². The monoisotopic (exact) mass is 358 g/mol. The van der Waals surface area contributed by atoms with E-state index in [0.717, 1.165) is 12.1 Å². The van der Waals surface area contributed by atoms with Crippen molar-refractivity contribution < 1.29 is 39.2 Å². The van der Waals surface area contributed by atoms with E-state index in [1.54, 1.807) is 6.92 Å². The van der Waals surface area contributed by atoms with Gasteiger partial charge in [-0.1, -0.05) is 12.1 Å². The molecule has 134 valence electrons. The summed E-state index contributed by atoms with van der Waals surface area (Å²) in [6.07, 6.45) is 0. The molecule has 0 aliphatic rings. The second kappa shape index (κ2) is 7.47. The van der Waals surface area contributed by atoms with Gasteiger partial charge in [-0.25, -0.2) is 19.2 Å². The van der Waals surface area contributed by atoms with Crippen LogP contribution in [0.15, 0.2) is 36.4 Å². The Bertz CT molecular complexity index is 913. The predicted molar refractivity (Wildman–Crippen MR) is 88.7 cm³/mol. The number of carboxylic acids is 3. The van der Waals surface area contributed by atoms with E-state index >= 15 is 0 Å². The van der Waals surface area contributed by atoms with E-state index in [0.29, 0.717) is 11.1 Å². The van der Waals surface area contributed by atoms with Crippen LogP contribution in [0.3, 0.4) is 0 Å². The summed E-state index contributed by atoms with van der Waals surface area (Å²) >= 11 is 0. The maximum atomic E-state index is 12.0. The lowest BCUT2D eigenvalue weighted by molar-refractivity contribution is 0.0514. The van der Waals surface area contributed by atoms with Crippen molar-refractivity contribution in [1.29, 1.82) is 0 Å². The molecule has 3 N–H and O–H groups in total. The van der Waals surface area contributed by atoms with Crippen LogP contribution in [0, 0.1) is 0 Å². The Morgan fingerprint density at radius 3 is 1.58 bits per heavy atom. The van der Waals surface area contributed by atoms with Gasteiger partial charge in [0.15, 0.2) is 0 Å². The van der Waals surface area contributed by atoms with Crippen molar-refractivity contribution in [2.75, 3.05) is 6.61 Å². The summed E-state index contributed by atoms with van der Waals surface area (Å²) in [5.41, 5.74) is -0.583. The quantitative estimate of drug-likeness (QED) is 0.670. The van der Waals surface area contributed by atoms with E-state index in [1.165, 1.54) is 24.3 Å². The molecular formula is C18H14O8. The number of esters is 1. The van der Waals surface area contributed by atoms with Gasteiger partial charge in [0.05, 0.1) is 28.9 Å². The van der Waals surface area contributed by atoms with Gasteiger partial charge in [0.25, 0.3) is 0 Å². The highest BCUT2D eigenvalue weighted by Crippen LogP contribution is 2.26. The van der Waals surface area contributed by atoms with Crippen LogP contribution < -0.4 is 0 Å². The van der Waals surface area contributed by atoms with E-state index in [-0.39, 0.29) is 23.3 Å². The van der Waals surface area contributed by atoms with Gasteiger partial charge >= 0.3 is 23.9 Å². The highest BCUT2D eigenvalue weighted by Gasteiger charge is 2.20. The van der Waals surface area contributed by atoms with Gasteiger partial charge in [-0.3, -0.25) is 0 Å². The molecule has 2 aromatic carbocycles. The zero-order valence-electron chi connectivity index (χ0n) is 13.6. The molecular weight excluding hydrogens is 344 g/mol. The van der Waals surface area contributed by atoms with Gasteiger partial charge in [0, 0.05) is 0 Å². The predicted octanol–water partition coefficient (Wildman–Crippen LogP) is 2.62. The Kier molecular flexibility index (Phi) is 5.36. The molecule has 0 spiro atoms. The van der Waals surface area contributed by atoms with E-state index in [1.807, 2.05) is 0 Å². The maximum Gasteiger partial charge on any atom is 0.339 e. The fraction of sp³-hybridized carbons (Fsp3) is 0.111. The minimum Gasteiger partial charge on any atom is -0.478 e. The molecule has 0 aliphatic carbocycles. The van der Waals surface area contributed by atoms with Crippen molar-refractivity contribution in [3.63, 3.8) is 0 Å². The number of aromatic carboxylic acids is 3. The fourth-order valence-corrected chi connectivity index (χ4v) is 2.38. The molecule has 0 heterocycles. The molecule has 8 heteroatoms. The Morgan fingerprint density at radius 2 is 1.15 bits per heavy atom. The average Bonchev–Trinajstić information content (AvgIpc) is 2.60. The molecule has 2 rings (SSSR count). The third kappa shape index (κ3) is 3.69. The number of hydrogen-bond donors (Lipinski definition) is 3. The van der Waals surface area contributed by atoms with Gasteiger partial charge in [-0.05, 0) is 42.3 Å². The number of rotatable bonds is 6. The highest BCUT2D eigenvalue weighted by molar-refractivity contribution is 6.04. The summed E-state index contributed by atoms with van der Waals surface area (Å²) in [5.74, 6) is -4.95. The zero-order chi connectivity index (χ0) is 19.4. The van der Waals surface area contributed by atoms with Crippen LogP contribution in [0.25, 0.3) is 11.1 Å². The number of carbonyl (C=O) groups excluding carboxylic acids is 1. The normalized spacial score (nSPS) is 10.2. The number of hydrogen-bond acceptors (Lipinski definition) is 5. The molecule has 0 saturated heterocycles. The average molecular weight is 358 g/mol. The van der Waals surface area contributed by atoms with Crippen LogP contribution in [0.5, 0.6) is 0 Å². The molecule has 0 radical (unpaired) electrons. The largest absolute Gasteiger partial charge is 0.478 e. The van der Waals surface area contributed by atoms with Crippen molar-refractivity contribution >= 4 is 23.9 Å². The SMILES string of the molecule is CCOC(=O)c1cc(-c2ccc(C(=O)O)c(C(=O)O)c2)ccc1C(=O)O. The molecule has 2 aromatic rings. The van der Waals surface area contributed by atoms with Gasteiger partial charge in [0.1, 0.15) is 0 Å². The second-order valence-corrected chi connectivity index (χ2v) is 5.16. The Hall–Kier alpha value is -3.68. The van der Waals surface area contributed by atoms with Crippen molar-refractivity contribution in [2.45, 2.75) is 6.92 Å². The molecule has 0 amide bonds. The first-order valence-corrected chi connectivity index (χ1v) is 7.41. The molecule has 0 aromatic heterocycles. The first kappa shape index (κ1) is 18.7. The maximum absolute atomic E-state index is 12.0. The van der Waals surface area contributed by atoms with Gasteiger partial charge < -0.3 is 20.1 Å². The first-order chi connectivity index (χ1) is 12.3. The fourth-order valence-electron chi connectivity index (χ4n) is 2.38. The van der Waals surface area contributed by atoms with Crippen LogP contribution >= 0.6 is 0 Å². The summed E-state index contributed by atoms with van der Waals surface area (Å²) in [5, 5.41) is 27.5. The van der Waals surface area contributed by atoms with Crippen LogP contribution in [-0.2, 0) is 4.74 Å². The molecule has 0 unspecified atom stereocenters. The number of benzene rings is 2. The minimum absolute atomic E-state index is 0.0542. The van der Waals surface area contributed by atoms with Crippen molar-refractivity contribution in [3.05, 3.63) is 58.7 Å². The molecule has 0 atom stereocenters. The highest BCUT2D eigenvalue weighted by atomic mass is 16.5. The molecule has 0 aliphatic heterocycles. The third-order valence-corrected chi connectivity index (χ3v) is 3.56. The smallest absolute Gasteiger partial charge is 0.339 e. The summed E-state index contributed by atoms with van der Waals surface area (Å²) in [6.45, 7) is 1.63. The van der Waals surface area contributed by atoms with Crippen molar-refractivity contribution in [1.82, 2.24) is 0 Å². The van der Waals surface area contributed by atoms with Crippen molar-refractivity contribution in [2.24, 2.45) is 0 Å². The summed E-state index contributed by atoms with van der Waals surface area (Å²) < 4.78 is 4.85. The lowest BCUT2D eigenvalue weighted by Gasteiger charge is -2.10. The van der Waals surface area contributed by atoms with Gasteiger partial charge in [-0.15, -0.1) is 0 Å². The standard InChI is InChI=1S/C18H14O8/c1-2-26-18(25)14-8-10(4-6-12(14)16(21)22)9-3-5-11(15(19)20)13(7-9)17(23)24/h3-8H,2H2,1H3,(H,19,20)(H,21,22)(H,23,24). The zero-order valence-corrected chi connectivity index (χ0v) is 13.6. The van der Waals surface area contributed by atoms with Gasteiger partial charge in [-0.2, -0.15) is 0 Å². The topological polar surface area (TPSA) is 138 Å². The van der Waals surface area contributed by atoms with E-state index in [4.69, 9.17) is 9.84 Å². The van der Waals surface area contributed by atoms with Crippen molar-refractivity contribution in [3.8, 4) is 11.1 Å². The Labute approximate surface area is 147 Å². The molecule has 0 saturated carbocycles. The lowest BCUT2D eigenvalue weighted by Crippen LogP contribution is -2.12. The summed E-state index contributed by atoms with van der Waals surface area (Å²) in [7, 11) is 0. The lowest BCUT2D eigenvalue weighted by atomic mass is 9.96. The molecule has 26 heavy (non-hydrogen) atoms. The number of carboxylic acid groups (broad SMARTS) is 3. The second-order valence-electron chi connectivity index (χ2n) is 5.16. The molecule has 0 fully saturated rings. The van der Waals surface area contributed by atoms with Crippen LogP contribution in [0.2, 0.25) is 0 Å². The summed E-state index contributed by atoms with van der Waals surface area (Å²) in [4.78, 5) is 45.7.